The molecule has 1 aromatic rings. The van der Waals surface area contributed by atoms with Crippen LogP contribution in [0.3, 0.4) is 0 Å². The molecule has 0 radical (unpaired) electrons. The Bertz CT molecular complexity index is 654. The minimum atomic E-state index is 0.0178. The first-order valence-electron chi connectivity index (χ1n) is 10.1. The molecule has 0 aliphatic carbocycles. The van der Waals surface area contributed by atoms with Gasteiger partial charge in [-0.25, -0.2) is 0 Å². The molecule has 1 N–H and O–H groups in total. The number of aromatic nitrogens is 2. The molecule has 3 rings (SSSR count). The summed E-state index contributed by atoms with van der Waals surface area (Å²) < 4.78 is 0. The van der Waals surface area contributed by atoms with Crippen LogP contribution in [0.15, 0.2) is 6.07 Å². The van der Waals surface area contributed by atoms with Crippen LogP contribution >= 0.6 is 0 Å². The van der Waals surface area contributed by atoms with Crippen LogP contribution in [-0.4, -0.2) is 58.0 Å². The number of hydrogen-bond donors (Lipinski definition) is 1. The maximum absolute atomic E-state index is 12.9. The van der Waals surface area contributed by atoms with Crippen molar-refractivity contribution in [3.63, 3.8) is 0 Å². The summed E-state index contributed by atoms with van der Waals surface area (Å²) in [5, 5.41) is 7.21. The number of hydrogen-bond acceptors (Lipinski definition) is 3. The molecule has 2 amide bonds. The lowest BCUT2D eigenvalue weighted by Crippen LogP contribution is -2.55. The number of nitrogens with zero attached hydrogens (tertiary/aromatic N) is 3. The number of piperidine rings is 2. The summed E-state index contributed by atoms with van der Waals surface area (Å²) in [4.78, 5) is 29.2. The molecule has 26 heavy (non-hydrogen) atoms. The fourth-order valence-corrected chi connectivity index (χ4v) is 4.27. The van der Waals surface area contributed by atoms with Gasteiger partial charge in [0.15, 0.2) is 0 Å². The number of carbonyl (C=O) groups excluding carboxylic acids is 2. The minimum Gasteiger partial charge on any atom is -0.342 e. The van der Waals surface area contributed by atoms with E-state index in [0.29, 0.717) is 18.0 Å². The molecular formula is C20H32N4O2. The largest absolute Gasteiger partial charge is 0.342 e. The lowest BCUT2D eigenvalue weighted by molar-refractivity contribution is -0.139. The zero-order valence-electron chi connectivity index (χ0n) is 16.4. The standard InChI is InChI=1S/C20H32N4O2/c1-4-5-10-23-13-20(9-7-18(23)25)8-6-11-24(14-20)19(26)17-12-16(15(2)3)21-22-17/h12,15H,4-11,13-14H2,1-3H3,(H,21,22)/t20-/m0/s1. The van der Waals surface area contributed by atoms with Crippen molar-refractivity contribution in [1.29, 1.82) is 0 Å². The number of H-pyrrole nitrogens is 1. The minimum absolute atomic E-state index is 0.0178. The lowest BCUT2D eigenvalue weighted by atomic mass is 9.73. The van der Waals surface area contributed by atoms with E-state index in [4.69, 9.17) is 0 Å². The topological polar surface area (TPSA) is 69.3 Å². The van der Waals surface area contributed by atoms with E-state index in [0.717, 1.165) is 64.0 Å². The average molecular weight is 361 g/mol. The maximum atomic E-state index is 12.9. The summed E-state index contributed by atoms with van der Waals surface area (Å²) in [6.07, 6.45) is 5.77. The molecule has 1 atom stereocenters. The molecule has 1 aromatic heterocycles. The van der Waals surface area contributed by atoms with E-state index in [1.807, 2.05) is 15.9 Å². The molecule has 0 saturated carbocycles. The molecule has 0 unspecified atom stereocenters. The molecule has 6 heteroatoms. The Morgan fingerprint density at radius 2 is 2.15 bits per heavy atom. The quantitative estimate of drug-likeness (QED) is 0.877. The molecule has 1 spiro atoms. The molecule has 0 bridgehead atoms. The summed E-state index contributed by atoms with van der Waals surface area (Å²) >= 11 is 0. The van der Waals surface area contributed by atoms with Crippen molar-refractivity contribution in [2.45, 2.75) is 65.2 Å². The van der Waals surface area contributed by atoms with Crippen molar-refractivity contribution >= 4 is 11.8 Å². The average Bonchev–Trinajstić information content (AvgIpc) is 3.13. The summed E-state index contributed by atoms with van der Waals surface area (Å²) in [5.74, 6) is 0.624. The van der Waals surface area contributed by atoms with Crippen molar-refractivity contribution in [3.8, 4) is 0 Å². The molecule has 0 aromatic carbocycles. The number of amides is 2. The maximum Gasteiger partial charge on any atom is 0.274 e. The second kappa shape index (κ2) is 7.80. The summed E-state index contributed by atoms with van der Waals surface area (Å²) in [5.41, 5.74) is 1.57. The van der Waals surface area contributed by atoms with Crippen molar-refractivity contribution in [2.75, 3.05) is 26.2 Å². The first-order valence-corrected chi connectivity index (χ1v) is 10.1. The van der Waals surface area contributed by atoms with Gasteiger partial charge >= 0.3 is 0 Å². The van der Waals surface area contributed by atoms with Gasteiger partial charge in [0, 0.05) is 43.7 Å². The normalized spacial score (nSPS) is 23.9. The van der Waals surface area contributed by atoms with Gasteiger partial charge in [-0.2, -0.15) is 5.10 Å². The Labute approximate surface area is 156 Å². The smallest absolute Gasteiger partial charge is 0.274 e. The van der Waals surface area contributed by atoms with E-state index in [2.05, 4.69) is 31.0 Å². The summed E-state index contributed by atoms with van der Waals surface area (Å²) in [7, 11) is 0. The second-order valence-corrected chi connectivity index (χ2v) is 8.36. The van der Waals surface area contributed by atoms with Gasteiger partial charge in [0.2, 0.25) is 5.91 Å². The van der Waals surface area contributed by atoms with Crippen molar-refractivity contribution in [1.82, 2.24) is 20.0 Å². The van der Waals surface area contributed by atoms with Crippen LogP contribution in [0.4, 0.5) is 0 Å². The number of rotatable bonds is 5. The Balaban J connectivity index is 1.69. The van der Waals surface area contributed by atoms with Gasteiger partial charge in [-0.05, 0) is 37.7 Å². The van der Waals surface area contributed by atoms with E-state index >= 15 is 0 Å². The monoisotopic (exact) mass is 360 g/mol. The zero-order chi connectivity index (χ0) is 18.7. The molecule has 3 heterocycles. The Hall–Kier alpha value is -1.85. The SMILES string of the molecule is CCCCN1C[C@]2(CCCN(C(=O)c3cc(C(C)C)[nH]n3)C2)CCC1=O. The van der Waals surface area contributed by atoms with Crippen LogP contribution in [0.5, 0.6) is 0 Å². The fourth-order valence-electron chi connectivity index (χ4n) is 4.27. The van der Waals surface area contributed by atoms with E-state index in [1.165, 1.54) is 0 Å². The highest BCUT2D eigenvalue weighted by Crippen LogP contribution is 2.39. The summed E-state index contributed by atoms with van der Waals surface area (Å²) in [6, 6.07) is 1.88. The van der Waals surface area contributed by atoms with Crippen LogP contribution < -0.4 is 0 Å². The molecule has 144 valence electrons. The van der Waals surface area contributed by atoms with Crippen LogP contribution in [0.25, 0.3) is 0 Å². The van der Waals surface area contributed by atoms with Gasteiger partial charge in [-0.3, -0.25) is 14.7 Å². The van der Waals surface area contributed by atoms with Crippen molar-refractivity contribution in [2.24, 2.45) is 5.41 Å². The third kappa shape index (κ3) is 3.94. The highest BCUT2D eigenvalue weighted by atomic mass is 16.2. The van der Waals surface area contributed by atoms with Gasteiger partial charge in [0.25, 0.3) is 5.91 Å². The van der Waals surface area contributed by atoms with E-state index in [-0.39, 0.29) is 17.2 Å². The van der Waals surface area contributed by atoms with Crippen molar-refractivity contribution < 1.29 is 9.59 Å². The van der Waals surface area contributed by atoms with Gasteiger partial charge < -0.3 is 9.80 Å². The van der Waals surface area contributed by atoms with E-state index < -0.39 is 0 Å². The predicted octanol–water partition coefficient (Wildman–Crippen LogP) is 3.18. The molecular weight excluding hydrogens is 328 g/mol. The number of aromatic amines is 1. The van der Waals surface area contributed by atoms with Gasteiger partial charge in [-0.15, -0.1) is 0 Å². The number of carbonyl (C=O) groups is 2. The van der Waals surface area contributed by atoms with Crippen molar-refractivity contribution in [3.05, 3.63) is 17.5 Å². The third-order valence-corrected chi connectivity index (χ3v) is 5.92. The van der Waals surface area contributed by atoms with E-state index in [9.17, 15) is 9.59 Å². The highest BCUT2D eigenvalue weighted by molar-refractivity contribution is 5.92. The molecule has 2 saturated heterocycles. The van der Waals surface area contributed by atoms with Gasteiger partial charge in [0.05, 0.1) is 0 Å². The van der Waals surface area contributed by atoms with E-state index in [1.54, 1.807) is 0 Å². The van der Waals surface area contributed by atoms with Gasteiger partial charge in [0.1, 0.15) is 5.69 Å². The van der Waals surface area contributed by atoms with Gasteiger partial charge in [-0.1, -0.05) is 27.2 Å². The first kappa shape index (κ1) is 18.9. The first-order chi connectivity index (χ1) is 12.4. The molecule has 2 aliphatic heterocycles. The van der Waals surface area contributed by atoms with Crippen LogP contribution in [-0.2, 0) is 4.79 Å². The Kier molecular flexibility index (Phi) is 5.68. The van der Waals surface area contributed by atoms with Crippen LogP contribution in [0.1, 0.15) is 81.4 Å². The third-order valence-electron chi connectivity index (χ3n) is 5.92. The second-order valence-electron chi connectivity index (χ2n) is 8.36. The number of likely N-dealkylation sites (tertiary alicyclic amines) is 2. The molecule has 2 aliphatic rings. The predicted molar refractivity (Wildman–Crippen MR) is 101 cm³/mol. The fraction of sp³-hybridized carbons (Fsp3) is 0.750. The van der Waals surface area contributed by atoms with Crippen LogP contribution in [0, 0.1) is 5.41 Å². The summed E-state index contributed by atoms with van der Waals surface area (Å²) in [6.45, 7) is 9.50. The van der Waals surface area contributed by atoms with Crippen LogP contribution in [0.2, 0.25) is 0 Å². The Morgan fingerprint density at radius 3 is 2.85 bits per heavy atom. The molecule has 2 fully saturated rings. The number of unbranched alkanes of at least 4 members (excludes halogenated alkanes) is 1. The lowest BCUT2D eigenvalue weighted by Gasteiger charge is -2.48. The zero-order valence-corrected chi connectivity index (χ0v) is 16.4. The Morgan fingerprint density at radius 1 is 1.35 bits per heavy atom. The number of nitrogens with one attached hydrogen (secondary N) is 1. The highest BCUT2D eigenvalue weighted by Gasteiger charge is 2.42. The molecule has 6 nitrogen and oxygen atoms in total.